The van der Waals surface area contributed by atoms with Gasteiger partial charge >= 0.3 is 0 Å². The minimum absolute atomic E-state index is 1.20. The van der Waals surface area contributed by atoms with E-state index in [4.69, 9.17) is 0 Å². The summed E-state index contributed by atoms with van der Waals surface area (Å²) in [6.07, 6.45) is 0. The van der Waals surface area contributed by atoms with Gasteiger partial charge in [0.15, 0.2) is 0 Å². The molecule has 0 aromatic heterocycles. The average molecular weight is 709 g/mol. The molecule has 0 unspecified atom stereocenters. The summed E-state index contributed by atoms with van der Waals surface area (Å²) in [6, 6.07) is 80.3. The van der Waals surface area contributed by atoms with Crippen LogP contribution >= 0.6 is 0 Å². The summed E-state index contributed by atoms with van der Waals surface area (Å²) in [5.41, 5.74) is 12.4. The monoisotopic (exact) mass is 708 g/mol. The van der Waals surface area contributed by atoms with Crippen LogP contribution in [0.3, 0.4) is 0 Å². The lowest BCUT2D eigenvalue weighted by molar-refractivity contribution is 1.61. The Hall–Kier alpha value is -7.28. The molecule has 0 radical (unpaired) electrons. The van der Waals surface area contributed by atoms with Crippen LogP contribution in [0.15, 0.2) is 218 Å². The van der Waals surface area contributed by atoms with Crippen LogP contribution < -0.4 is 0 Å². The molecule has 11 aromatic rings. The molecule has 11 aromatic carbocycles. The van der Waals surface area contributed by atoms with Crippen LogP contribution in [0.2, 0.25) is 0 Å². The maximum Gasteiger partial charge on any atom is -0.00261 e. The van der Waals surface area contributed by atoms with Crippen molar-refractivity contribution in [2.45, 2.75) is 0 Å². The number of benzene rings is 11. The molecule has 0 aliphatic carbocycles. The summed E-state index contributed by atoms with van der Waals surface area (Å²) in [5.74, 6) is 0. The number of fused-ring (bicyclic) bond motifs is 6. The van der Waals surface area contributed by atoms with Gasteiger partial charge in [0.2, 0.25) is 0 Å². The summed E-state index contributed by atoms with van der Waals surface area (Å²) in [5, 5.41) is 12.6. The van der Waals surface area contributed by atoms with Crippen LogP contribution in [0.4, 0.5) is 0 Å². The summed E-state index contributed by atoms with van der Waals surface area (Å²) < 4.78 is 0. The summed E-state index contributed by atoms with van der Waals surface area (Å²) in [6.45, 7) is 0. The zero-order valence-electron chi connectivity index (χ0n) is 30.8. The molecule has 11 rings (SSSR count). The van der Waals surface area contributed by atoms with Gasteiger partial charge in [0.1, 0.15) is 0 Å². The topological polar surface area (TPSA) is 0 Å². The Labute approximate surface area is 326 Å². The minimum Gasteiger partial charge on any atom is -0.0622 e. The first-order valence-electron chi connectivity index (χ1n) is 19.4. The third-order valence-corrected chi connectivity index (χ3v) is 11.6. The van der Waals surface area contributed by atoms with E-state index in [2.05, 4.69) is 218 Å². The second-order valence-electron chi connectivity index (χ2n) is 14.8. The van der Waals surface area contributed by atoms with Gasteiger partial charge in [0.25, 0.3) is 0 Å². The van der Waals surface area contributed by atoms with Gasteiger partial charge in [-0.2, -0.15) is 0 Å². The third-order valence-electron chi connectivity index (χ3n) is 11.6. The second kappa shape index (κ2) is 13.2. The van der Waals surface area contributed by atoms with Crippen LogP contribution in [-0.4, -0.2) is 0 Å². The van der Waals surface area contributed by atoms with Gasteiger partial charge in [-0.3, -0.25) is 0 Å². The van der Waals surface area contributed by atoms with Crippen molar-refractivity contribution in [3.05, 3.63) is 218 Å². The van der Waals surface area contributed by atoms with E-state index in [9.17, 15) is 0 Å². The standard InChI is InChI=1S/C56H36/c1-3-16-37(17-4-1)44-32-33-45(39-21-15-22-40(34-39)53-35-41-20-7-8-23-43(41)46-24-9-10-25-47(46)53)54-36-42(30-31-48(44)54)56-51-28-13-11-26-49(51)55(38-18-5-2-6-19-38)50-27-12-14-29-52(50)56/h1-36H. The summed E-state index contributed by atoms with van der Waals surface area (Å²) in [4.78, 5) is 0. The molecule has 0 atom stereocenters. The fourth-order valence-electron chi connectivity index (χ4n) is 9.13. The molecule has 0 heteroatoms. The van der Waals surface area contributed by atoms with Gasteiger partial charge in [0, 0.05) is 0 Å². The molecular weight excluding hydrogens is 673 g/mol. The molecule has 56 heavy (non-hydrogen) atoms. The van der Waals surface area contributed by atoms with E-state index in [1.165, 1.54) is 109 Å². The second-order valence-corrected chi connectivity index (χ2v) is 14.8. The van der Waals surface area contributed by atoms with Crippen molar-refractivity contribution >= 4 is 53.9 Å². The van der Waals surface area contributed by atoms with Gasteiger partial charge < -0.3 is 0 Å². The molecule has 0 spiro atoms. The highest BCUT2D eigenvalue weighted by molar-refractivity contribution is 6.22. The van der Waals surface area contributed by atoms with Gasteiger partial charge in [0.05, 0.1) is 0 Å². The zero-order chi connectivity index (χ0) is 37.0. The molecule has 0 N–H and O–H groups in total. The first-order chi connectivity index (χ1) is 27.8. The van der Waals surface area contributed by atoms with E-state index in [-0.39, 0.29) is 0 Å². The Kier molecular flexibility index (Phi) is 7.60. The van der Waals surface area contributed by atoms with E-state index in [0.717, 1.165) is 0 Å². The van der Waals surface area contributed by atoms with Crippen molar-refractivity contribution in [3.8, 4) is 55.6 Å². The van der Waals surface area contributed by atoms with Crippen molar-refractivity contribution in [2.24, 2.45) is 0 Å². The zero-order valence-corrected chi connectivity index (χ0v) is 30.8. The van der Waals surface area contributed by atoms with Gasteiger partial charge in [-0.25, -0.2) is 0 Å². The molecule has 0 saturated heterocycles. The fourth-order valence-corrected chi connectivity index (χ4v) is 9.13. The van der Waals surface area contributed by atoms with Crippen LogP contribution in [0.5, 0.6) is 0 Å². The number of hydrogen-bond acceptors (Lipinski definition) is 0. The maximum atomic E-state index is 2.45. The Morgan fingerprint density at radius 2 is 0.625 bits per heavy atom. The highest BCUT2D eigenvalue weighted by atomic mass is 14.2. The van der Waals surface area contributed by atoms with Crippen molar-refractivity contribution in [1.82, 2.24) is 0 Å². The minimum atomic E-state index is 1.20. The largest absolute Gasteiger partial charge is 0.0622 e. The van der Waals surface area contributed by atoms with E-state index < -0.39 is 0 Å². The number of hydrogen-bond donors (Lipinski definition) is 0. The highest BCUT2D eigenvalue weighted by Crippen LogP contribution is 2.46. The third kappa shape index (κ3) is 5.22. The van der Waals surface area contributed by atoms with Crippen molar-refractivity contribution in [2.75, 3.05) is 0 Å². The molecule has 0 fully saturated rings. The lowest BCUT2D eigenvalue weighted by Gasteiger charge is -2.19. The number of rotatable bonds is 5. The molecule has 0 nitrogen and oxygen atoms in total. The quantitative estimate of drug-likeness (QED) is 0.123. The average Bonchev–Trinajstić information content (AvgIpc) is 3.28. The van der Waals surface area contributed by atoms with Crippen LogP contribution in [0.1, 0.15) is 0 Å². The molecule has 0 aliphatic rings. The first-order valence-corrected chi connectivity index (χ1v) is 19.4. The Morgan fingerprint density at radius 3 is 1.27 bits per heavy atom. The lowest BCUT2D eigenvalue weighted by Crippen LogP contribution is -1.92. The normalized spacial score (nSPS) is 11.6. The molecule has 0 amide bonds. The Balaban J connectivity index is 1.17. The van der Waals surface area contributed by atoms with E-state index in [1.54, 1.807) is 0 Å². The molecule has 0 saturated carbocycles. The van der Waals surface area contributed by atoms with E-state index in [0.29, 0.717) is 0 Å². The predicted molar refractivity (Wildman–Crippen MR) is 241 cm³/mol. The van der Waals surface area contributed by atoms with Gasteiger partial charge in [-0.1, -0.05) is 200 Å². The highest BCUT2D eigenvalue weighted by Gasteiger charge is 2.19. The van der Waals surface area contributed by atoms with Gasteiger partial charge in [-0.05, 0) is 128 Å². The summed E-state index contributed by atoms with van der Waals surface area (Å²) >= 11 is 0. The molecule has 0 heterocycles. The molecular formula is C56H36. The Morgan fingerprint density at radius 1 is 0.179 bits per heavy atom. The van der Waals surface area contributed by atoms with Gasteiger partial charge in [-0.15, -0.1) is 0 Å². The summed E-state index contributed by atoms with van der Waals surface area (Å²) in [7, 11) is 0. The molecule has 0 aliphatic heterocycles. The predicted octanol–water partition coefficient (Wildman–Crippen LogP) is 15.8. The molecule has 260 valence electrons. The van der Waals surface area contributed by atoms with Crippen LogP contribution in [0, 0.1) is 0 Å². The Bertz CT molecular complexity index is 3220. The molecule has 0 bridgehead atoms. The smallest absolute Gasteiger partial charge is 0.00261 e. The fraction of sp³-hybridized carbons (Fsp3) is 0. The van der Waals surface area contributed by atoms with E-state index >= 15 is 0 Å². The van der Waals surface area contributed by atoms with Crippen molar-refractivity contribution in [3.63, 3.8) is 0 Å². The van der Waals surface area contributed by atoms with E-state index in [1.807, 2.05) is 0 Å². The van der Waals surface area contributed by atoms with Crippen LogP contribution in [0.25, 0.3) is 109 Å². The van der Waals surface area contributed by atoms with Crippen LogP contribution in [-0.2, 0) is 0 Å². The lowest BCUT2D eigenvalue weighted by atomic mass is 9.84. The van der Waals surface area contributed by atoms with Crippen molar-refractivity contribution < 1.29 is 0 Å². The van der Waals surface area contributed by atoms with Crippen molar-refractivity contribution in [1.29, 1.82) is 0 Å². The maximum absolute atomic E-state index is 2.45. The first kappa shape index (κ1) is 32.2. The SMILES string of the molecule is c1ccc(-c2ccc(-c3cccc(-c4cc5ccccc5c5ccccc45)c3)c3cc(-c4c5ccccc5c(-c5ccccc5)c5ccccc45)ccc23)cc1.